The predicted octanol–water partition coefficient (Wildman–Crippen LogP) is 1.97. The van der Waals surface area contributed by atoms with Crippen LogP contribution in [0.5, 0.6) is 0 Å². The van der Waals surface area contributed by atoms with Gasteiger partial charge in [-0.05, 0) is 45.5 Å². The molecule has 5 heteroatoms. The van der Waals surface area contributed by atoms with Gasteiger partial charge in [0, 0.05) is 17.5 Å². The van der Waals surface area contributed by atoms with Crippen LogP contribution in [0.2, 0.25) is 0 Å². The van der Waals surface area contributed by atoms with Gasteiger partial charge in [-0.2, -0.15) is 0 Å². The number of carbonyl (C=O) groups excluding carboxylic acids is 1. The molecule has 1 heterocycles. The second-order valence-corrected chi connectivity index (χ2v) is 6.00. The SMILES string of the molecule is CN(C)[C@H]1CC[C@@H](NC(=O)Cc2noc3ccccc23)C1. The van der Waals surface area contributed by atoms with Crippen molar-refractivity contribution in [3.8, 4) is 0 Å². The Morgan fingerprint density at radius 2 is 2.19 bits per heavy atom. The van der Waals surface area contributed by atoms with Gasteiger partial charge in [-0.3, -0.25) is 4.79 Å². The highest BCUT2D eigenvalue weighted by molar-refractivity contribution is 5.86. The van der Waals surface area contributed by atoms with Crippen molar-refractivity contribution in [3.63, 3.8) is 0 Å². The third-order valence-corrected chi connectivity index (χ3v) is 4.28. The lowest BCUT2D eigenvalue weighted by molar-refractivity contribution is -0.121. The molecule has 5 nitrogen and oxygen atoms in total. The molecule has 0 unspecified atom stereocenters. The maximum absolute atomic E-state index is 12.2. The first-order chi connectivity index (χ1) is 10.1. The van der Waals surface area contributed by atoms with Gasteiger partial charge in [-0.1, -0.05) is 17.3 Å². The van der Waals surface area contributed by atoms with E-state index in [-0.39, 0.29) is 18.4 Å². The molecule has 1 aromatic carbocycles. The smallest absolute Gasteiger partial charge is 0.226 e. The normalized spacial score (nSPS) is 22.0. The van der Waals surface area contributed by atoms with Crippen molar-refractivity contribution in [1.82, 2.24) is 15.4 Å². The first-order valence-electron chi connectivity index (χ1n) is 7.42. The number of rotatable bonds is 4. The van der Waals surface area contributed by atoms with E-state index in [1.54, 1.807) is 0 Å². The maximum atomic E-state index is 12.2. The maximum Gasteiger partial charge on any atom is 0.226 e. The number of hydrogen-bond donors (Lipinski definition) is 1. The molecule has 0 bridgehead atoms. The Balaban J connectivity index is 1.60. The Hall–Kier alpha value is -1.88. The second-order valence-electron chi connectivity index (χ2n) is 6.00. The Labute approximate surface area is 124 Å². The van der Waals surface area contributed by atoms with Crippen LogP contribution in [-0.4, -0.2) is 42.1 Å². The van der Waals surface area contributed by atoms with E-state index >= 15 is 0 Å². The summed E-state index contributed by atoms with van der Waals surface area (Å²) in [5, 5.41) is 8.05. The average molecular weight is 287 g/mol. The molecule has 0 aliphatic heterocycles. The van der Waals surface area contributed by atoms with Crippen LogP contribution in [0.4, 0.5) is 0 Å². The van der Waals surface area contributed by atoms with E-state index in [4.69, 9.17) is 4.52 Å². The summed E-state index contributed by atoms with van der Waals surface area (Å²) < 4.78 is 5.23. The average Bonchev–Trinajstić information content (AvgIpc) is 3.07. The lowest BCUT2D eigenvalue weighted by Crippen LogP contribution is -2.35. The third-order valence-electron chi connectivity index (χ3n) is 4.28. The second kappa shape index (κ2) is 5.85. The van der Waals surface area contributed by atoms with E-state index in [0.29, 0.717) is 11.7 Å². The van der Waals surface area contributed by atoms with Crippen LogP contribution in [0.15, 0.2) is 28.8 Å². The van der Waals surface area contributed by atoms with Gasteiger partial charge in [-0.25, -0.2) is 0 Å². The minimum absolute atomic E-state index is 0.0264. The summed E-state index contributed by atoms with van der Waals surface area (Å²) in [4.78, 5) is 14.4. The largest absolute Gasteiger partial charge is 0.356 e. The zero-order valence-corrected chi connectivity index (χ0v) is 12.5. The van der Waals surface area contributed by atoms with Crippen molar-refractivity contribution in [2.45, 2.75) is 37.8 Å². The van der Waals surface area contributed by atoms with Crippen LogP contribution < -0.4 is 5.32 Å². The zero-order valence-electron chi connectivity index (χ0n) is 12.5. The fourth-order valence-corrected chi connectivity index (χ4v) is 3.05. The highest BCUT2D eigenvalue weighted by Crippen LogP contribution is 2.23. The number of nitrogens with one attached hydrogen (secondary N) is 1. The molecule has 1 saturated carbocycles. The van der Waals surface area contributed by atoms with Crippen LogP contribution in [0.1, 0.15) is 25.0 Å². The summed E-state index contributed by atoms with van der Waals surface area (Å²) in [5.41, 5.74) is 1.44. The molecule has 0 radical (unpaired) electrons. The molecule has 1 aromatic heterocycles. The standard InChI is InChI=1S/C16H21N3O2/c1-19(2)12-8-7-11(9-12)17-16(20)10-14-13-5-3-4-6-15(13)21-18-14/h3-6,11-12H,7-10H2,1-2H3,(H,17,20)/t11-,12+/m1/s1. The number of amides is 1. The van der Waals surface area contributed by atoms with Crippen molar-refractivity contribution < 1.29 is 9.32 Å². The highest BCUT2D eigenvalue weighted by atomic mass is 16.5. The lowest BCUT2D eigenvalue weighted by Gasteiger charge is -2.19. The van der Waals surface area contributed by atoms with Crippen molar-refractivity contribution in [3.05, 3.63) is 30.0 Å². The van der Waals surface area contributed by atoms with Crippen LogP contribution in [0.25, 0.3) is 11.0 Å². The van der Waals surface area contributed by atoms with Gasteiger partial charge >= 0.3 is 0 Å². The number of para-hydroxylation sites is 1. The monoisotopic (exact) mass is 287 g/mol. The Kier molecular flexibility index (Phi) is 3.92. The summed E-state index contributed by atoms with van der Waals surface area (Å²) in [7, 11) is 4.19. The van der Waals surface area contributed by atoms with Gasteiger partial charge in [-0.15, -0.1) is 0 Å². The van der Waals surface area contributed by atoms with Gasteiger partial charge in [0.25, 0.3) is 0 Å². The van der Waals surface area contributed by atoms with E-state index in [1.165, 1.54) is 0 Å². The lowest BCUT2D eigenvalue weighted by atomic mass is 10.1. The summed E-state index contributed by atoms with van der Waals surface area (Å²) >= 11 is 0. The van der Waals surface area contributed by atoms with Gasteiger partial charge in [0.1, 0.15) is 5.69 Å². The molecule has 2 aromatic rings. The van der Waals surface area contributed by atoms with Gasteiger partial charge < -0.3 is 14.7 Å². The summed E-state index contributed by atoms with van der Waals surface area (Å²) in [6, 6.07) is 8.48. The van der Waals surface area contributed by atoms with Crippen molar-refractivity contribution in [2.75, 3.05) is 14.1 Å². The van der Waals surface area contributed by atoms with Gasteiger partial charge in [0.15, 0.2) is 5.58 Å². The molecule has 2 atom stereocenters. The molecule has 1 fully saturated rings. The molecule has 1 aliphatic carbocycles. The van der Waals surface area contributed by atoms with Crippen LogP contribution in [0.3, 0.4) is 0 Å². The number of aromatic nitrogens is 1. The van der Waals surface area contributed by atoms with E-state index < -0.39 is 0 Å². The third kappa shape index (κ3) is 3.08. The quantitative estimate of drug-likeness (QED) is 0.934. The summed E-state index contributed by atoms with van der Waals surface area (Å²) in [6.45, 7) is 0. The molecule has 0 saturated heterocycles. The topological polar surface area (TPSA) is 58.4 Å². The molecule has 1 N–H and O–H groups in total. The van der Waals surface area contributed by atoms with Crippen LogP contribution in [0, 0.1) is 0 Å². The Morgan fingerprint density at radius 1 is 1.38 bits per heavy atom. The molecular formula is C16H21N3O2. The number of nitrogens with zero attached hydrogens (tertiary/aromatic N) is 2. The molecule has 21 heavy (non-hydrogen) atoms. The first kappa shape index (κ1) is 14.1. The van der Waals surface area contributed by atoms with Crippen LogP contribution in [-0.2, 0) is 11.2 Å². The Bertz CT molecular complexity index is 635. The van der Waals surface area contributed by atoms with Crippen molar-refractivity contribution in [1.29, 1.82) is 0 Å². The van der Waals surface area contributed by atoms with E-state index in [0.717, 1.165) is 30.2 Å². The molecule has 1 aliphatic rings. The van der Waals surface area contributed by atoms with Crippen LogP contribution >= 0.6 is 0 Å². The van der Waals surface area contributed by atoms with Crippen molar-refractivity contribution in [2.24, 2.45) is 0 Å². The number of fused-ring (bicyclic) bond motifs is 1. The zero-order chi connectivity index (χ0) is 14.8. The molecule has 0 spiro atoms. The van der Waals surface area contributed by atoms with Gasteiger partial charge in [0.2, 0.25) is 5.91 Å². The molecule has 3 rings (SSSR count). The first-order valence-corrected chi connectivity index (χ1v) is 7.42. The minimum Gasteiger partial charge on any atom is -0.356 e. The molecule has 112 valence electrons. The summed E-state index contributed by atoms with van der Waals surface area (Å²) in [5.74, 6) is 0.0264. The number of benzene rings is 1. The van der Waals surface area contributed by atoms with Crippen molar-refractivity contribution >= 4 is 16.9 Å². The number of hydrogen-bond acceptors (Lipinski definition) is 4. The Morgan fingerprint density at radius 3 is 2.95 bits per heavy atom. The predicted molar refractivity (Wildman–Crippen MR) is 81.0 cm³/mol. The van der Waals surface area contributed by atoms with E-state index in [2.05, 4.69) is 29.5 Å². The highest BCUT2D eigenvalue weighted by Gasteiger charge is 2.27. The van der Waals surface area contributed by atoms with E-state index in [9.17, 15) is 4.79 Å². The van der Waals surface area contributed by atoms with Gasteiger partial charge in [0.05, 0.1) is 6.42 Å². The summed E-state index contributed by atoms with van der Waals surface area (Å²) in [6.07, 6.45) is 3.50. The fraction of sp³-hybridized carbons (Fsp3) is 0.500. The number of carbonyl (C=O) groups is 1. The molecular weight excluding hydrogens is 266 g/mol. The minimum atomic E-state index is 0.0264. The molecule has 1 amide bonds. The fourth-order valence-electron chi connectivity index (χ4n) is 3.05. The van der Waals surface area contributed by atoms with E-state index in [1.807, 2.05) is 24.3 Å².